The lowest BCUT2D eigenvalue weighted by atomic mass is 10.5. The van der Waals surface area contributed by atoms with Crippen LogP contribution in [-0.4, -0.2) is 24.8 Å². The summed E-state index contributed by atoms with van der Waals surface area (Å²) < 4.78 is 58.3. The Balaban J connectivity index is 4.26. The quantitative estimate of drug-likeness (QED) is 0.521. The van der Waals surface area contributed by atoms with E-state index in [1.807, 2.05) is 0 Å². The summed E-state index contributed by atoms with van der Waals surface area (Å²) in [6.45, 7) is 1.34. The van der Waals surface area contributed by atoms with Gasteiger partial charge in [-0.15, -0.1) is 0 Å². The van der Waals surface area contributed by atoms with Crippen LogP contribution in [0.15, 0.2) is 0 Å². The fourth-order valence-electron chi connectivity index (χ4n) is 0.418. The van der Waals surface area contributed by atoms with E-state index in [0.717, 1.165) is 0 Å². The predicted molar refractivity (Wildman–Crippen MR) is 33.2 cm³/mol. The molecule has 8 heteroatoms. The van der Waals surface area contributed by atoms with Crippen molar-refractivity contribution in [3.05, 3.63) is 0 Å². The number of carbonyl (C=O) groups excluding carboxylic acids is 1. The van der Waals surface area contributed by atoms with Crippen LogP contribution >= 0.6 is 0 Å². The van der Waals surface area contributed by atoms with Gasteiger partial charge >= 0.3 is 18.3 Å². The first-order valence-corrected chi connectivity index (χ1v) is 3.21. The zero-order valence-electron chi connectivity index (χ0n) is 6.51. The third kappa shape index (κ3) is 3.43. The van der Waals surface area contributed by atoms with Gasteiger partial charge in [0, 0.05) is 6.54 Å². The lowest BCUT2D eigenvalue weighted by Gasteiger charge is -2.20. The number of halogens is 5. The number of alkyl halides is 5. The highest BCUT2D eigenvalue weighted by atomic mass is 19.4. The Hall–Kier alpha value is -1.08. The molecule has 0 rings (SSSR count). The molecule has 0 spiro atoms. The molecule has 2 N–H and O–H groups in total. The fourth-order valence-corrected chi connectivity index (χ4v) is 0.418. The summed E-state index contributed by atoms with van der Waals surface area (Å²) in [6.07, 6.45) is -5.78. The highest BCUT2D eigenvalue weighted by Crippen LogP contribution is 2.32. The fraction of sp³-hybridized carbons (Fsp3) is 0.800. The minimum atomic E-state index is -5.78. The highest BCUT2D eigenvalue weighted by Gasteiger charge is 2.58. The zero-order valence-corrected chi connectivity index (χ0v) is 6.51. The molecule has 78 valence electrons. The molecule has 0 saturated carbocycles. The van der Waals surface area contributed by atoms with Gasteiger partial charge in [-0.25, -0.2) is 4.79 Å². The van der Waals surface area contributed by atoms with Crippen LogP contribution in [0.1, 0.15) is 6.92 Å². The molecule has 0 aliphatic rings. The van der Waals surface area contributed by atoms with Crippen LogP contribution in [0.5, 0.6) is 0 Å². The Morgan fingerprint density at radius 3 is 2.00 bits per heavy atom. The molecule has 0 aromatic rings. The van der Waals surface area contributed by atoms with Crippen molar-refractivity contribution in [2.24, 2.45) is 0 Å². The van der Waals surface area contributed by atoms with Gasteiger partial charge < -0.3 is 5.32 Å². The van der Waals surface area contributed by atoms with Gasteiger partial charge in [0.2, 0.25) is 0 Å². The summed E-state index contributed by atoms with van der Waals surface area (Å²) in [5, 5.41) is 2.23. The number of amides is 2. The molecule has 2 amide bonds. The van der Waals surface area contributed by atoms with E-state index in [-0.39, 0.29) is 6.54 Å². The average molecular weight is 206 g/mol. The standard InChI is InChI=1S/C5H7F5N2O/c1-2-11-3(13)12-5(9,10)4(6,7)8/h2H2,1H3,(H2,11,12,13). The highest BCUT2D eigenvalue weighted by molar-refractivity contribution is 5.74. The summed E-state index contributed by atoms with van der Waals surface area (Å²) in [7, 11) is 0. The normalized spacial score (nSPS) is 12.5. The SMILES string of the molecule is CCNC(=O)NC(F)(F)C(F)(F)F. The predicted octanol–water partition coefficient (Wildman–Crippen LogP) is 1.46. The summed E-state index contributed by atoms with van der Waals surface area (Å²) in [6, 6.07) is -6.77. The minimum Gasteiger partial charge on any atom is -0.338 e. The summed E-state index contributed by atoms with van der Waals surface area (Å²) in [5.41, 5.74) is 0. The molecular weight excluding hydrogens is 199 g/mol. The first-order chi connectivity index (χ1) is 5.70. The molecule has 0 saturated heterocycles. The van der Waals surface area contributed by atoms with E-state index in [9.17, 15) is 26.7 Å². The number of hydrogen-bond acceptors (Lipinski definition) is 1. The molecule has 0 fully saturated rings. The monoisotopic (exact) mass is 206 g/mol. The van der Waals surface area contributed by atoms with E-state index in [0.29, 0.717) is 5.32 Å². The number of carbonyl (C=O) groups is 1. The number of nitrogens with one attached hydrogen (secondary N) is 2. The minimum absolute atomic E-state index is 0.0419. The topological polar surface area (TPSA) is 41.1 Å². The maximum absolute atomic E-state index is 12.0. The van der Waals surface area contributed by atoms with Crippen molar-refractivity contribution in [3.63, 3.8) is 0 Å². The molecule has 0 aromatic carbocycles. The van der Waals surface area contributed by atoms with Crippen LogP contribution < -0.4 is 10.6 Å². The van der Waals surface area contributed by atoms with Crippen LogP contribution in [0, 0.1) is 0 Å². The van der Waals surface area contributed by atoms with Gasteiger partial charge in [-0.1, -0.05) is 0 Å². The Morgan fingerprint density at radius 2 is 1.69 bits per heavy atom. The molecule has 0 aliphatic heterocycles. The van der Waals surface area contributed by atoms with E-state index in [1.165, 1.54) is 6.92 Å². The van der Waals surface area contributed by atoms with E-state index < -0.39 is 18.3 Å². The third-order valence-corrected chi connectivity index (χ3v) is 0.964. The second-order valence-corrected chi connectivity index (χ2v) is 2.06. The Morgan fingerprint density at radius 1 is 1.23 bits per heavy atom. The maximum Gasteiger partial charge on any atom is 0.475 e. The van der Waals surface area contributed by atoms with Crippen LogP contribution in [0.25, 0.3) is 0 Å². The third-order valence-electron chi connectivity index (χ3n) is 0.964. The van der Waals surface area contributed by atoms with Gasteiger partial charge in [0.1, 0.15) is 0 Å². The van der Waals surface area contributed by atoms with E-state index in [1.54, 1.807) is 5.32 Å². The Kier molecular flexibility index (Phi) is 3.44. The van der Waals surface area contributed by atoms with Crippen molar-refractivity contribution in [2.75, 3.05) is 6.54 Å². The van der Waals surface area contributed by atoms with Crippen LogP contribution in [0.4, 0.5) is 26.7 Å². The second kappa shape index (κ2) is 3.75. The van der Waals surface area contributed by atoms with Gasteiger partial charge in [-0.05, 0) is 6.92 Å². The molecular formula is C5H7F5N2O. The van der Waals surface area contributed by atoms with E-state index in [2.05, 4.69) is 0 Å². The summed E-state index contributed by atoms with van der Waals surface area (Å²) in [5.74, 6) is 0. The van der Waals surface area contributed by atoms with Gasteiger partial charge in [-0.3, -0.25) is 5.32 Å². The molecule has 0 aromatic heterocycles. The van der Waals surface area contributed by atoms with Crippen LogP contribution in [-0.2, 0) is 0 Å². The number of hydrogen-bond donors (Lipinski definition) is 2. The molecule has 0 radical (unpaired) electrons. The molecule has 0 unspecified atom stereocenters. The van der Waals surface area contributed by atoms with Crippen LogP contribution in [0.3, 0.4) is 0 Å². The first-order valence-electron chi connectivity index (χ1n) is 3.21. The van der Waals surface area contributed by atoms with Gasteiger partial charge in [0.25, 0.3) is 0 Å². The van der Waals surface area contributed by atoms with E-state index in [4.69, 9.17) is 0 Å². The number of urea groups is 1. The molecule has 13 heavy (non-hydrogen) atoms. The molecule has 0 bridgehead atoms. The van der Waals surface area contributed by atoms with Gasteiger partial charge in [0.15, 0.2) is 0 Å². The van der Waals surface area contributed by atoms with Crippen molar-refractivity contribution >= 4 is 6.03 Å². The van der Waals surface area contributed by atoms with Gasteiger partial charge in [0.05, 0.1) is 0 Å². The van der Waals surface area contributed by atoms with Crippen molar-refractivity contribution < 1.29 is 26.7 Å². The summed E-state index contributed by atoms with van der Waals surface area (Å²) in [4.78, 5) is 10.3. The van der Waals surface area contributed by atoms with Crippen molar-refractivity contribution in [3.8, 4) is 0 Å². The maximum atomic E-state index is 12.0. The molecule has 0 aliphatic carbocycles. The average Bonchev–Trinajstić information content (AvgIpc) is 1.83. The Labute approximate surface area is 70.3 Å². The Bertz CT molecular complexity index is 190. The largest absolute Gasteiger partial charge is 0.475 e. The summed E-state index contributed by atoms with van der Waals surface area (Å²) >= 11 is 0. The first kappa shape index (κ1) is 11.9. The molecule has 0 heterocycles. The second-order valence-electron chi connectivity index (χ2n) is 2.06. The van der Waals surface area contributed by atoms with E-state index >= 15 is 0 Å². The van der Waals surface area contributed by atoms with Crippen molar-refractivity contribution in [2.45, 2.75) is 19.1 Å². The van der Waals surface area contributed by atoms with Crippen LogP contribution in [0.2, 0.25) is 0 Å². The lowest BCUT2D eigenvalue weighted by Crippen LogP contribution is -2.54. The van der Waals surface area contributed by atoms with Crippen molar-refractivity contribution in [1.82, 2.24) is 10.6 Å². The zero-order chi connectivity index (χ0) is 10.7. The molecule has 3 nitrogen and oxygen atoms in total. The molecule has 0 atom stereocenters. The van der Waals surface area contributed by atoms with Crippen molar-refractivity contribution in [1.29, 1.82) is 0 Å². The lowest BCUT2D eigenvalue weighted by molar-refractivity contribution is -0.289. The smallest absolute Gasteiger partial charge is 0.338 e. The number of rotatable bonds is 2. The van der Waals surface area contributed by atoms with Gasteiger partial charge in [-0.2, -0.15) is 22.0 Å².